The van der Waals surface area contributed by atoms with Crippen LogP contribution in [0.1, 0.15) is 6.92 Å². The van der Waals surface area contributed by atoms with Gasteiger partial charge in [-0.3, -0.25) is 9.35 Å². The number of aromatic hydroxyl groups is 3. The minimum atomic E-state index is -5.06. The molecule has 14 nitrogen and oxygen atoms in total. The van der Waals surface area contributed by atoms with E-state index in [1.165, 1.54) is 6.92 Å². The largest absolute Gasteiger partial charge is 0.508 e. The van der Waals surface area contributed by atoms with Crippen LogP contribution in [0.3, 0.4) is 0 Å². The van der Waals surface area contributed by atoms with Gasteiger partial charge in [0.1, 0.15) is 40.8 Å². The van der Waals surface area contributed by atoms with E-state index in [4.69, 9.17) is 18.4 Å². The van der Waals surface area contributed by atoms with E-state index in [0.29, 0.717) is 0 Å². The lowest BCUT2D eigenvalue weighted by atomic mass is 10.00. The third kappa shape index (κ3) is 4.75. The summed E-state index contributed by atoms with van der Waals surface area (Å²) in [6.45, 7) is 1.37. The normalized spacial score (nSPS) is 24.5. The number of phenols is 3. The molecule has 0 aliphatic carbocycles. The van der Waals surface area contributed by atoms with Gasteiger partial charge in [0.05, 0.1) is 6.10 Å². The second kappa shape index (κ2) is 9.12. The van der Waals surface area contributed by atoms with Crippen molar-refractivity contribution in [2.75, 3.05) is 0 Å². The molecule has 5 unspecified atom stereocenters. The number of hydrogen-bond acceptors (Lipinski definition) is 13. The quantitative estimate of drug-likeness (QED) is 0.215. The van der Waals surface area contributed by atoms with Crippen molar-refractivity contribution in [1.82, 2.24) is 0 Å². The molecule has 3 aromatic rings. The van der Waals surface area contributed by atoms with Crippen molar-refractivity contribution in [3.63, 3.8) is 0 Å². The molecule has 1 aliphatic heterocycles. The van der Waals surface area contributed by atoms with Crippen molar-refractivity contribution in [3.05, 3.63) is 40.6 Å². The van der Waals surface area contributed by atoms with E-state index in [2.05, 4.69) is 4.18 Å². The highest BCUT2D eigenvalue weighted by molar-refractivity contribution is 7.81. The van der Waals surface area contributed by atoms with E-state index < -0.39 is 86.4 Å². The van der Waals surface area contributed by atoms with Crippen LogP contribution in [-0.4, -0.2) is 74.3 Å². The molecule has 7 N–H and O–H groups in total. The number of benzene rings is 2. The molecule has 1 aliphatic rings. The minimum absolute atomic E-state index is 0.165. The zero-order valence-corrected chi connectivity index (χ0v) is 19.0. The van der Waals surface area contributed by atoms with Gasteiger partial charge in [-0.15, -0.1) is 0 Å². The van der Waals surface area contributed by atoms with Crippen molar-refractivity contribution in [2.24, 2.45) is 0 Å². The lowest BCUT2D eigenvalue weighted by Crippen LogP contribution is -2.58. The first-order valence-corrected chi connectivity index (χ1v) is 11.5. The molecule has 0 amide bonds. The van der Waals surface area contributed by atoms with E-state index in [1.54, 1.807) is 0 Å². The Kier molecular flexibility index (Phi) is 6.46. The summed E-state index contributed by atoms with van der Waals surface area (Å²) in [5, 5.41) is 59.8. The number of aliphatic hydroxyl groups is 3. The zero-order valence-electron chi connectivity index (χ0n) is 18.2. The van der Waals surface area contributed by atoms with Crippen molar-refractivity contribution in [2.45, 2.75) is 37.6 Å². The Morgan fingerprint density at radius 2 is 1.64 bits per heavy atom. The molecule has 4 rings (SSSR count). The summed E-state index contributed by atoms with van der Waals surface area (Å²) < 4.78 is 52.1. The summed E-state index contributed by atoms with van der Waals surface area (Å²) in [7, 11) is -5.06. The van der Waals surface area contributed by atoms with Crippen molar-refractivity contribution >= 4 is 21.4 Å². The lowest BCUT2D eigenvalue weighted by Gasteiger charge is -2.38. The predicted octanol–water partition coefficient (Wildman–Crippen LogP) is -0.0353. The predicted molar refractivity (Wildman–Crippen MR) is 118 cm³/mol. The Labute approximate surface area is 201 Å². The van der Waals surface area contributed by atoms with E-state index in [-0.39, 0.29) is 11.1 Å². The Balaban J connectivity index is 1.93. The van der Waals surface area contributed by atoms with Gasteiger partial charge in [0.2, 0.25) is 17.5 Å². The van der Waals surface area contributed by atoms with Crippen LogP contribution in [-0.2, 0) is 15.1 Å². The van der Waals surface area contributed by atoms with Gasteiger partial charge in [-0.25, -0.2) is 0 Å². The fourth-order valence-corrected chi connectivity index (χ4v) is 3.99. The highest BCUT2D eigenvalue weighted by atomic mass is 32.3. The molecule has 2 heterocycles. The number of fused-ring (bicyclic) bond motifs is 1. The van der Waals surface area contributed by atoms with Gasteiger partial charge >= 0.3 is 10.4 Å². The molecule has 0 radical (unpaired) electrons. The van der Waals surface area contributed by atoms with Crippen molar-refractivity contribution in [3.8, 4) is 40.1 Å². The van der Waals surface area contributed by atoms with Gasteiger partial charge in [-0.1, -0.05) is 0 Å². The molecular weight excluding hydrogens is 508 g/mol. The van der Waals surface area contributed by atoms with E-state index in [1.807, 2.05) is 0 Å². The Morgan fingerprint density at radius 3 is 2.31 bits per heavy atom. The summed E-state index contributed by atoms with van der Waals surface area (Å²) in [6.07, 6.45) is -7.80. The van der Waals surface area contributed by atoms with Crippen LogP contribution in [0.2, 0.25) is 0 Å². The molecule has 1 aromatic heterocycles. The molecule has 36 heavy (non-hydrogen) atoms. The van der Waals surface area contributed by atoms with Crippen molar-refractivity contribution in [1.29, 1.82) is 0 Å². The molecule has 2 aromatic carbocycles. The molecule has 1 saturated heterocycles. The third-order valence-electron chi connectivity index (χ3n) is 5.38. The van der Waals surface area contributed by atoms with Gasteiger partial charge < -0.3 is 48.7 Å². The molecule has 15 heteroatoms. The average Bonchev–Trinajstić information content (AvgIpc) is 2.77. The molecule has 5 atom stereocenters. The fourth-order valence-electron chi connectivity index (χ4n) is 3.63. The average molecular weight is 528 g/mol. The second-order valence-corrected chi connectivity index (χ2v) is 8.94. The summed E-state index contributed by atoms with van der Waals surface area (Å²) >= 11 is 0. The molecule has 0 spiro atoms. The second-order valence-electron chi connectivity index (χ2n) is 7.92. The van der Waals surface area contributed by atoms with Crippen LogP contribution in [0.5, 0.6) is 28.7 Å². The number of hydrogen-bond donors (Lipinski definition) is 7. The summed E-state index contributed by atoms with van der Waals surface area (Å²) in [4.78, 5) is 13.4. The fraction of sp³-hybridized carbons (Fsp3) is 0.286. The molecule has 0 bridgehead atoms. The zero-order chi connectivity index (χ0) is 26.5. The minimum Gasteiger partial charge on any atom is -0.508 e. The van der Waals surface area contributed by atoms with Gasteiger partial charge in [0.15, 0.2) is 17.3 Å². The maximum Gasteiger partial charge on any atom is 0.446 e. The maximum atomic E-state index is 13.4. The van der Waals surface area contributed by atoms with Crippen LogP contribution >= 0.6 is 0 Å². The van der Waals surface area contributed by atoms with Crippen LogP contribution in [0, 0.1) is 0 Å². The van der Waals surface area contributed by atoms with Crippen LogP contribution in [0.4, 0.5) is 0 Å². The Hall–Kier alpha value is -3.60. The van der Waals surface area contributed by atoms with Crippen LogP contribution in [0.15, 0.2) is 39.5 Å². The summed E-state index contributed by atoms with van der Waals surface area (Å²) in [5.41, 5.74) is -1.53. The van der Waals surface area contributed by atoms with Gasteiger partial charge in [-0.05, 0) is 25.1 Å². The third-order valence-corrected chi connectivity index (χ3v) is 5.77. The highest BCUT2D eigenvalue weighted by Gasteiger charge is 2.44. The Bertz CT molecular complexity index is 1480. The number of rotatable bonds is 5. The number of aliphatic hydroxyl groups excluding tert-OH is 3. The number of phenolic OH excluding ortho intramolecular Hbond substituents is 3. The van der Waals surface area contributed by atoms with Gasteiger partial charge in [0, 0.05) is 17.7 Å². The van der Waals surface area contributed by atoms with E-state index in [0.717, 1.165) is 30.3 Å². The first-order chi connectivity index (χ1) is 16.8. The monoisotopic (exact) mass is 528 g/mol. The Morgan fingerprint density at radius 1 is 0.944 bits per heavy atom. The van der Waals surface area contributed by atoms with Gasteiger partial charge in [-0.2, -0.15) is 8.42 Å². The highest BCUT2D eigenvalue weighted by Crippen LogP contribution is 2.40. The van der Waals surface area contributed by atoms with Crippen molar-refractivity contribution < 1.29 is 61.7 Å². The molecular formula is C21H20O14S. The topological polar surface area (TPSA) is 234 Å². The first-order valence-electron chi connectivity index (χ1n) is 10.2. The lowest BCUT2D eigenvalue weighted by molar-refractivity contribution is -0.268. The molecule has 194 valence electrons. The first kappa shape index (κ1) is 25.5. The number of ether oxygens (including phenoxy) is 2. The maximum absolute atomic E-state index is 13.4. The molecule has 1 fully saturated rings. The standard InChI is InChI=1S/C21H20O14S/c1-7-15(25)17(27)18(28)21(32-7)34-20-16(26)14-11(24)5-9(22)6-13(14)33-19(20)8-2-3-10(23)12(4-8)35-36(29,30)31/h2-7,15,17-18,21-25,27-28H,1H3,(H,29,30,31). The van der Waals surface area contributed by atoms with E-state index in [9.17, 15) is 43.9 Å². The summed E-state index contributed by atoms with van der Waals surface area (Å²) in [6, 6.07) is 4.80. The van der Waals surface area contributed by atoms with Gasteiger partial charge in [0.25, 0.3) is 0 Å². The molecule has 0 saturated carbocycles. The van der Waals surface area contributed by atoms with Crippen LogP contribution < -0.4 is 14.3 Å². The smallest absolute Gasteiger partial charge is 0.446 e. The van der Waals surface area contributed by atoms with Crippen LogP contribution in [0.25, 0.3) is 22.3 Å². The summed E-state index contributed by atoms with van der Waals surface area (Å²) in [5.74, 6) is -3.81. The SMILES string of the molecule is CC1OC(Oc2c(-c3ccc(O)c(OS(=O)(=O)O)c3)oc3cc(O)cc(O)c3c2=O)C(O)C(O)C1O. The van der Waals surface area contributed by atoms with E-state index >= 15 is 0 Å².